The first-order chi connectivity index (χ1) is 2.81. The molecule has 0 rings (SSSR count). The highest BCUT2D eigenvalue weighted by molar-refractivity contribution is 7.30. The van der Waals surface area contributed by atoms with Crippen molar-refractivity contribution in [2.45, 2.75) is 6.82 Å². The van der Waals surface area contributed by atoms with E-state index in [9.17, 15) is 0 Å². The van der Waals surface area contributed by atoms with Crippen LogP contribution in [0.1, 0.15) is 0 Å². The Morgan fingerprint density at radius 3 is 2.33 bits per heavy atom. The molecule has 4 heteroatoms. The fourth-order valence-electron chi connectivity index (χ4n) is 0.0962. The van der Waals surface area contributed by atoms with Gasteiger partial charge < -0.3 is 5.23 Å². The minimum atomic E-state index is 0.338. The van der Waals surface area contributed by atoms with Crippen molar-refractivity contribution in [3.8, 4) is 0 Å². The molecule has 0 heterocycles. The van der Waals surface area contributed by atoms with Gasteiger partial charge in [0.25, 0.3) is 0 Å². The van der Waals surface area contributed by atoms with Gasteiger partial charge >= 0.3 is 0 Å². The minimum absolute atomic E-state index is 0.338. The highest BCUT2D eigenvalue weighted by Crippen LogP contribution is 1.60. The van der Waals surface area contributed by atoms with Crippen LogP contribution in [0.3, 0.4) is 0 Å². The molecule has 0 aromatic carbocycles. The second kappa shape index (κ2) is 3.35. The Labute approximate surface area is 41.6 Å². The third-order valence-corrected chi connectivity index (χ3v) is 0.744. The van der Waals surface area contributed by atoms with Crippen LogP contribution in [0.5, 0.6) is 0 Å². The number of rotatable bonds is 2. The Morgan fingerprint density at radius 2 is 2.33 bits per heavy atom. The van der Waals surface area contributed by atoms with Crippen molar-refractivity contribution in [3.63, 3.8) is 0 Å². The highest BCUT2D eigenvalue weighted by atomic mass is 14.7. The Balaban J connectivity index is 2.75. The van der Waals surface area contributed by atoms with Gasteiger partial charge in [0.1, 0.15) is 0 Å². The lowest BCUT2D eigenvalue weighted by atomic mass is 9.21. The molecular formula is C2H7B3N. The van der Waals surface area contributed by atoms with E-state index in [1.807, 2.05) is 13.9 Å². The topological polar surface area (TPSA) is 12.0 Å². The summed E-state index contributed by atoms with van der Waals surface area (Å²) in [7, 11) is 8.58. The van der Waals surface area contributed by atoms with Crippen molar-refractivity contribution >= 4 is 21.5 Å². The molecule has 0 aromatic rings. The molecule has 3 radical (unpaired) electrons. The van der Waals surface area contributed by atoms with Crippen LogP contribution in [-0.2, 0) is 0 Å². The van der Waals surface area contributed by atoms with Gasteiger partial charge in [-0.15, -0.1) is 0 Å². The largest absolute Gasteiger partial charge is 0.366 e. The molecule has 0 aliphatic heterocycles. The van der Waals surface area contributed by atoms with Crippen molar-refractivity contribution in [3.05, 3.63) is 0 Å². The van der Waals surface area contributed by atoms with Crippen LogP contribution < -0.4 is 5.23 Å². The Kier molecular flexibility index (Phi) is 3.44. The normalized spacial score (nSPS) is 7.67. The van der Waals surface area contributed by atoms with Crippen LogP contribution in [0.2, 0.25) is 6.82 Å². The maximum atomic E-state index is 5.10. The zero-order valence-corrected chi connectivity index (χ0v) is 4.23. The van der Waals surface area contributed by atoms with Crippen molar-refractivity contribution in [2.24, 2.45) is 0 Å². The predicted octanol–water partition coefficient (Wildman–Crippen LogP) is -0.889. The van der Waals surface area contributed by atoms with E-state index >= 15 is 0 Å². The van der Waals surface area contributed by atoms with Crippen LogP contribution in [0.15, 0.2) is 0 Å². The second-order valence-corrected chi connectivity index (χ2v) is 1.27. The van der Waals surface area contributed by atoms with Gasteiger partial charge in [0.2, 0.25) is 0 Å². The summed E-state index contributed by atoms with van der Waals surface area (Å²) in [5.74, 6) is 0. The summed E-state index contributed by atoms with van der Waals surface area (Å²) in [6.45, 7) is 2.32. The molecule has 1 N–H and O–H groups in total. The van der Waals surface area contributed by atoms with E-state index in [0.717, 1.165) is 0 Å². The highest BCUT2D eigenvalue weighted by Gasteiger charge is 1.94. The van der Waals surface area contributed by atoms with Crippen LogP contribution in [0, 0.1) is 0 Å². The third kappa shape index (κ3) is 2.40. The summed E-state index contributed by atoms with van der Waals surface area (Å²) in [4.78, 5) is 0. The van der Waals surface area contributed by atoms with Crippen molar-refractivity contribution in [1.29, 1.82) is 0 Å². The van der Waals surface area contributed by atoms with E-state index in [1.165, 1.54) is 0 Å². The van der Waals surface area contributed by atoms with Crippen LogP contribution in [-0.4, -0.2) is 28.6 Å². The van der Waals surface area contributed by atoms with Gasteiger partial charge in [-0.25, -0.2) is 0 Å². The van der Waals surface area contributed by atoms with Crippen LogP contribution in [0.4, 0.5) is 0 Å². The maximum Gasteiger partial charge on any atom is 0.162 e. The van der Waals surface area contributed by atoms with Gasteiger partial charge in [0.15, 0.2) is 6.74 Å². The number of hydrogen-bond acceptors (Lipinski definition) is 1. The van der Waals surface area contributed by atoms with Crippen LogP contribution >= 0.6 is 0 Å². The third-order valence-electron chi connectivity index (χ3n) is 0.744. The van der Waals surface area contributed by atoms with E-state index in [0.29, 0.717) is 6.74 Å². The molecule has 0 spiro atoms. The molecule has 0 aliphatic carbocycles. The lowest BCUT2D eigenvalue weighted by molar-refractivity contribution is 1.24. The Hall–Kier alpha value is 0.155. The lowest BCUT2D eigenvalue weighted by Crippen LogP contribution is -2.33. The van der Waals surface area contributed by atoms with Crippen molar-refractivity contribution in [1.82, 2.24) is 5.23 Å². The average Bonchev–Trinajstić information content (AvgIpc) is 1.65. The summed E-state index contributed by atoms with van der Waals surface area (Å²) >= 11 is 0. The SMILES string of the molecule is [B][B]B(C)NC. The molecule has 0 saturated carbocycles. The Bertz CT molecular complexity index is 28.0. The summed E-state index contributed by atoms with van der Waals surface area (Å²) in [5.41, 5.74) is 0. The number of hydrogen-bond donors (Lipinski definition) is 1. The fourth-order valence-corrected chi connectivity index (χ4v) is 0.0962. The first-order valence-electron chi connectivity index (χ1n) is 2.03. The summed E-state index contributed by atoms with van der Waals surface area (Å²) in [5, 5.41) is 2.93. The predicted molar refractivity (Wildman–Crippen MR) is 32.2 cm³/mol. The van der Waals surface area contributed by atoms with Crippen molar-refractivity contribution in [2.75, 3.05) is 7.05 Å². The molecule has 0 bridgehead atoms. The summed E-state index contributed by atoms with van der Waals surface area (Å²) in [6, 6.07) is 0. The molecule has 0 unspecified atom stereocenters. The van der Waals surface area contributed by atoms with E-state index in [2.05, 4.69) is 5.23 Å². The fraction of sp³-hybridized carbons (Fsp3) is 1.00. The van der Waals surface area contributed by atoms with Gasteiger partial charge in [-0.05, 0) is 7.05 Å². The van der Waals surface area contributed by atoms with Gasteiger partial charge in [0, 0.05) is 14.8 Å². The standard InChI is InChI=1S/C2H7B3N/c1-5(4-3)6-2/h6H,1-2H3. The molecule has 0 aromatic heterocycles. The molecule has 0 aliphatic rings. The van der Waals surface area contributed by atoms with E-state index in [4.69, 9.17) is 7.74 Å². The van der Waals surface area contributed by atoms with Crippen LogP contribution in [0.25, 0.3) is 0 Å². The lowest BCUT2D eigenvalue weighted by Gasteiger charge is -1.96. The molecule has 0 atom stereocenters. The smallest absolute Gasteiger partial charge is 0.162 e. The second-order valence-electron chi connectivity index (χ2n) is 1.27. The molecule has 1 nitrogen and oxygen atoms in total. The Morgan fingerprint density at radius 1 is 1.83 bits per heavy atom. The number of nitrogens with one attached hydrogen (secondary N) is 1. The van der Waals surface area contributed by atoms with Gasteiger partial charge in [-0.2, -0.15) is 0 Å². The maximum absolute atomic E-state index is 5.10. The first kappa shape index (κ1) is 6.15. The summed E-state index contributed by atoms with van der Waals surface area (Å²) in [6.07, 6.45) is 0. The van der Waals surface area contributed by atoms with Gasteiger partial charge in [-0.3, -0.25) is 0 Å². The monoisotopic (exact) mass is 78.1 g/mol. The molecule has 0 amide bonds. The van der Waals surface area contributed by atoms with Crippen molar-refractivity contribution < 1.29 is 0 Å². The average molecular weight is 77.5 g/mol. The van der Waals surface area contributed by atoms with E-state index in [-0.39, 0.29) is 0 Å². The zero-order valence-electron chi connectivity index (χ0n) is 4.23. The molecule has 0 saturated heterocycles. The zero-order chi connectivity index (χ0) is 4.99. The quantitative estimate of drug-likeness (QED) is 0.422. The van der Waals surface area contributed by atoms with E-state index in [1.54, 1.807) is 7.06 Å². The molecular weight excluding hydrogens is 70.5 g/mol. The van der Waals surface area contributed by atoms with Gasteiger partial charge in [-0.1, -0.05) is 6.82 Å². The van der Waals surface area contributed by atoms with Gasteiger partial charge in [0.05, 0.1) is 0 Å². The van der Waals surface area contributed by atoms with E-state index < -0.39 is 0 Å². The minimum Gasteiger partial charge on any atom is -0.366 e. The molecule has 29 valence electrons. The first-order valence-corrected chi connectivity index (χ1v) is 2.03. The summed E-state index contributed by atoms with van der Waals surface area (Å²) < 4.78 is 0. The molecule has 6 heavy (non-hydrogen) atoms. The molecule has 0 fully saturated rings.